The van der Waals surface area contributed by atoms with Crippen molar-refractivity contribution >= 4 is 5.82 Å². The van der Waals surface area contributed by atoms with E-state index in [1.807, 2.05) is 24.4 Å². The summed E-state index contributed by atoms with van der Waals surface area (Å²) in [6.45, 7) is 4.25. The molecular weight excluding hydrogens is 260 g/mol. The zero-order chi connectivity index (χ0) is 14.7. The molecule has 0 bridgehead atoms. The SMILES string of the molecule is CN1CCN(c2ccc([C@H](N)c3ccccc3)cn2)CC1. The first-order valence-electron chi connectivity index (χ1n) is 7.44. The van der Waals surface area contributed by atoms with Gasteiger partial charge >= 0.3 is 0 Å². The van der Waals surface area contributed by atoms with Gasteiger partial charge in [0.25, 0.3) is 0 Å². The Labute approximate surface area is 126 Å². The van der Waals surface area contributed by atoms with Crippen LogP contribution in [-0.2, 0) is 0 Å². The molecule has 2 aromatic rings. The second-order valence-corrected chi connectivity index (χ2v) is 5.63. The Balaban J connectivity index is 1.72. The van der Waals surface area contributed by atoms with Crippen LogP contribution in [0.2, 0.25) is 0 Å². The van der Waals surface area contributed by atoms with Gasteiger partial charge in [-0.1, -0.05) is 36.4 Å². The number of anilines is 1. The fraction of sp³-hybridized carbons (Fsp3) is 0.353. The molecule has 2 heterocycles. The molecule has 1 aromatic heterocycles. The van der Waals surface area contributed by atoms with Crippen molar-refractivity contribution < 1.29 is 0 Å². The molecule has 4 heteroatoms. The van der Waals surface area contributed by atoms with E-state index in [1.165, 1.54) is 0 Å². The second kappa shape index (κ2) is 6.24. The number of nitrogens with two attached hydrogens (primary N) is 1. The van der Waals surface area contributed by atoms with E-state index in [-0.39, 0.29) is 6.04 Å². The van der Waals surface area contributed by atoms with Gasteiger partial charge in [0.05, 0.1) is 6.04 Å². The van der Waals surface area contributed by atoms with Gasteiger partial charge in [0.1, 0.15) is 5.82 Å². The molecule has 21 heavy (non-hydrogen) atoms. The topological polar surface area (TPSA) is 45.4 Å². The fourth-order valence-corrected chi connectivity index (χ4v) is 2.66. The molecule has 3 rings (SSSR count). The molecule has 0 saturated carbocycles. The highest BCUT2D eigenvalue weighted by atomic mass is 15.3. The number of nitrogens with zero attached hydrogens (tertiary/aromatic N) is 3. The maximum atomic E-state index is 6.30. The summed E-state index contributed by atoms with van der Waals surface area (Å²) in [7, 11) is 2.16. The maximum absolute atomic E-state index is 6.30. The number of piperazine rings is 1. The van der Waals surface area contributed by atoms with Gasteiger partial charge < -0.3 is 15.5 Å². The molecule has 1 aliphatic heterocycles. The number of hydrogen-bond donors (Lipinski definition) is 1. The first kappa shape index (κ1) is 14.0. The third-order valence-electron chi connectivity index (χ3n) is 4.12. The minimum Gasteiger partial charge on any atom is -0.354 e. The molecule has 1 aromatic carbocycles. The Kier molecular flexibility index (Phi) is 4.18. The fourth-order valence-electron chi connectivity index (χ4n) is 2.66. The third kappa shape index (κ3) is 3.23. The summed E-state index contributed by atoms with van der Waals surface area (Å²) < 4.78 is 0. The average molecular weight is 282 g/mol. The van der Waals surface area contributed by atoms with E-state index in [4.69, 9.17) is 5.73 Å². The minimum atomic E-state index is -0.111. The summed E-state index contributed by atoms with van der Waals surface area (Å²) in [5, 5.41) is 0. The van der Waals surface area contributed by atoms with Crippen LogP contribution in [0.15, 0.2) is 48.7 Å². The molecule has 1 atom stereocenters. The molecule has 0 aliphatic carbocycles. The Morgan fingerprint density at radius 3 is 2.29 bits per heavy atom. The lowest BCUT2D eigenvalue weighted by Gasteiger charge is -2.33. The van der Waals surface area contributed by atoms with Gasteiger partial charge in [-0.05, 0) is 24.2 Å². The smallest absolute Gasteiger partial charge is 0.128 e. The average Bonchev–Trinajstić information content (AvgIpc) is 2.56. The number of rotatable bonds is 3. The first-order valence-corrected chi connectivity index (χ1v) is 7.44. The van der Waals surface area contributed by atoms with Crippen molar-refractivity contribution in [2.45, 2.75) is 6.04 Å². The van der Waals surface area contributed by atoms with Gasteiger partial charge in [0.15, 0.2) is 0 Å². The van der Waals surface area contributed by atoms with Crippen molar-refractivity contribution in [2.24, 2.45) is 5.73 Å². The largest absolute Gasteiger partial charge is 0.354 e. The number of hydrogen-bond acceptors (Lipinski definition) is 4. The number of benzene rings is 1. The Bertz CT molecular complexity index is 559. The van der Waals surface area contributed by atoms with Crippen LogP contribution < -0.4 is 10.6 Å². The van der Waals surface area contributed by atoms with Crippen LogP contribution in [0, 0.1) is 0 Å². The minimum absolute atomic E-state index is 0.111. The molecule has 0 radical (unpaired) electrons. The summed E-state index contributed by atoms with van der Waals surface area (Å²) in [4.78, 5) is 9.28. The van der Waals surface area contributed by atoms with E-state index in [0.29, 0.717) is 0 Å². The Morgan fingerprint density at radius 1 is 0.952 bits per heavy atom. The monoisotopic (exact) mass is 282 g/mol. The summed E-state index contributed by atoms with van der Waals surface area (Å²) in [5.41, 5.74) is 8.47. The van der Waals surface area contributed by atoms with Crippen LogP contribution in [0.1, 0.15) is 17.2 Å². The highest BCUT2D eigenvalue weighted by molar-refractivity contribution is 5.41. The predicted octanol–water partition coefficient (Wildman–Crippen LogP) is 1.88. The molecule has 1 fully saturated rings. The molecule has 110 valence electrons. The van der Waals surface area contributed by atoms with Crippen molar-refractivity contribution in [2.75, 3.05) is 38.1 Å². The second-order valence-electron chi connectivity index (χ2n) is 5.63. The quantitative estimate of drug-likeness (QED) is 0.933. The van der Waals surface area contributed by atoms with Gasteiger partial charge in [-0.2, -0.15) is 0 Å². The van der Waals surface area contributed by atoms with Gasteiger partial charge in [-0.15, -0.1) is 0 Å². The summed E-state index contributed by atoms with van der Waals surface area (Å²) >= 11 is 0. The van der Waals surface area contributed by atoms with E-state index >= 15 is 0 Å². The molecule has 2 N–H and O–H groups in total. The molecular formula is C17H22N4. The lowest BCUT2D eigenvalue weighted by atomic mass is 10.0. The molecule has 0 spiro atoms. The van der Waals surface area contributed by atoms with Crippen molar-refractivity contribution in [3.8, 4) is 0 Å². The van der Waals surface area contributed by atoms with E-state index in [2.05, 4.69) is 46.1 Å². The van der Waals surface area contributed by atoms with Crippen LogP contribution in [0.25, 0.3) is 0 Å². The number of pyridine rings is 1. The molecule has 0 unspecified atom stereocenters. The highest BCUT2D eigenvalue weighted by Gasteiger charge is 2.16. The Morgan fingerprint density at radius 2 is 1.67 bits per heavy atom. The zero-order valence-electron chi connectivity index (χ0n) is 12.4. The summed E-state index contributed by atoms with van der Waals surface area (Å²) in [6, 6.07) is 14.2. The molecule has 1 saturated heterocycles. The predicted molar refractivity (Wildman–Crippen MR) is 86.4 cm³/mol. The van der Waals surface area contributed by atoms with E-state index in [9.17, 15) is 0 Å². The summed E-state index contributed by atoms with van der Waals surface area (Å²) in [6.07, 6.45) is 1.91. The highest BCUT2D eigenvalue weighted by Crippen LogP contribution is 2.21. The lowest BCUT2D eigenvalue weighted by molar-refractivity contribution is 0.312. The van der Waals surface area contributed by atoms with E-state index < -0.39 is 0 Å². The number of likely N-dealkylation sites (N-methyl/N-ethyl adjacent to an activating group) is 1. The molecule has 0 amide bonds. The van der Waals surface area contributed by atoms with E-state index in [1.54, 1.807) is 0 Å². The van der Waals surface area contributed by atoms with E-state index in [0.717, 1.165) is 43.1 Å². The zero-order valence-corrected chi connectivity index (χ0v) is 12.4. The molecule has 4 nitrogen and oxygen atoms in total. The summed E-state index contributed by atoms with van der Waals surface area (Å²) in [5.74, 6) is 1.05. The standard InChI is InChI=1S/C17H22N4/c1-20-9-11-21(12-10-20)16-8-7-15(13-19-16)17(18)14-5-3-2-4-6-14/h2-8,13,17H,9-12,18H2,1H3/t17-/m1/s1. The van der Waals surface area contributed by atoms with Crippen LogP contribution in [-0.4, -0.2) is 43.1 Å². The first-order chi connectivity index (χ1) is 10.2. The third-order valence-corrected chi connectivity index (χ3v) is 4.12. The Hall–Kier alpha value is -1.91. The van der Waals surface area contributed by atoms with Crippen LogP contribution in [0.3, 0.4) is 0 Å². The van der Waals surface area contributed by atoms with Crippen molar-refractivity contribution in [3.05, 3.63) is 59.8 Å². The normalized spacial score (nSPS) is 17.7. The van der Waals surface area contributed by atoms with Crippen LogP contribution in [0.4, 0.5) is 5.82 Å². The van der Waals surface area contributed by atoms with Gasteiger partial charge in [-0.3, -0.25) is 0 Å². The molecule has 1 aliphatic rings. The van der Waals surface area contributed by atoms with Gasteiger partial charge in [0, 0.05) is 32.4 Å². The van der Waals surface area contributed by atoms with Crippen molar-refractivity contribution in [1.82, 2.24) is 9.88 Å². The van der Waals surface area contributed by atoms with Crippen LogP contribution >= 0.6 is 0 Å². The van der Waals surface area contributed by atoms with Crippen molar-refractivity contribution in [1.29, 1.82) is 0 Å². The van der Waals surface area contributed by atoms with Crippen LogP contribution in [0.5, 0.6) is 0 Å². The lowest BCUT2D eigenvalue weighted by Crippen LogP contribution is -2.44. The van der Waals surface area contributed by atoms with Gasteiger partial charge in [0.2, 0.25) is 0 Å². The number of aromatic nitrogens is 1. The van der Waals surface area contributed by atoms with Crippen molar-refractivity contribution in [3.63, 3.8) is 0 Å². The maximum Gasteiger partial charge on any atom is 0.128 e. The van der Waals surface area contributed by atoms with Gasteiger partial charge in [-0.25, -0.2) is 4.98 Å².